The van der Waals surface area contributed by atoms with Crippen molar-refractivity contribution in [1.82, 2.24) is 40.4 Å². The van der Waals surface area contributed by atoms with Gasteiger partial charge >= 0.3 is 12.2 Å². The van der Waals surface area contributed by atoms with Gasteiger partial charge in [-0.1, -0.05) is 87.2 Å². The van der Waals surface area contributed by atoms with Crippen molar-refractivity contribution < 1.29 is 28.7 Å². The van der Waals surface area contributed by atoms with Crippen LogP contribution in [0.15, 0.2) is 90.7 Å². The third-order valence-electron chi connectivity index (χ3n) is 11.9. The molecule has 2 aromatic heterocycles. The number of nitrogens with zero attached hydrogens (tertiary/aromatic N) is 5. The molecule has 4 atom stereocenters. The number of rotatable bonds is 16. The lowest BCUT2D eigenvalue weighted by molar-refractivity contribution is -0.136. The number of aromatic nitrogens is 4. The van der Waals surface area contributed by atoms with Gasteiger partial charge in [-0.3, -0.25) is 14.6 Å². The number of aromatic amines is 2. The van der Waals surface area contributed by atoms with E-state index in [1.165, 1.54) is 14.2 Å². The Morgan fingerprint density at radius 2 is 1.53 bits per heavy atom. The van der Waals surface area contributed by atoms with Crippen molar-refractivity contribution in [2.75, 3.05) is 34.4 Å². The number of alkyl carbamates (subject to hydrolysis) is 2. The van der Waals surface area contributed by atoms with Gasteiger partial charge in [0.1, 0.15) is 23.7 Å². The Morgan fingerprint density at radius 1 is 0.906 bits per heavy atom. The Bertz CT molecular complexity index is 2620. The minimum Gasteiger partial charge on any atom is -0.453 e. The quantitative estimate of drug-likeness (QED) is 0.0452. The second kappa shape index (κ2) is 19.5. The van der Waals surface area contributed by atoms with Crippen molar-refractivity contribution in [2.24, 2.45) is 22.2 Å². The van der Waals surface area contributed by atoms with Crippen LogP contribution in [0.1, 0.15) is 57.7 Å². The molecule has 15 heteroatoms. The highest BCUT2D eigenvalue weighted by atomic mass is 16.5. The molecule has 1 aliphatic heterocycles. The molecule has 4 unspecified atom stereocenters. The normalized spacial score (nSPS) is 17.3. The van der Waals surface area contributed by atoms with Crippen molar-refractivity contribution in [3.8, 4) is 45.5 Å². The number of methoxy groups -OCH3 is 2. The molecule has 0 saturated heterocycles. The number of amides is 4. The Kier molecular flexibility index (Phi) is 13.6. The number of hydrogen-bond donors (Lipinski definition) is 4. The average molecular weight is 866 g/mol. The third kappa shape index (κ3) is 10.0. The monoisotopic (exact) mass is 865 g/mol. The van der Waals surface area contributed by atoms with Crippen molar-refractivity contribution >= 4 is 41.0 Å². The Hall–Kier alpha value is -7.21. The van der Waals surface area contributed by atoms with Crippen LogP contribution in [0.3, 0.4) is 0 Å². The Balaban J connectivity index is 1.05. The molecule has 1 saturated carbocycles. The summed E-state index contributed by atoms with van der Waals surface area (Å²) in [5.41, 5.74) is 5.46. The second-order valence-corrected chi connectivity index (χ2v) is 16.7. The summed E-state index contributed by atoms with van der Waals surface area (Å²) in [4.78, 5) is 75.5. The van der Waals surface area contributed by atoms with Crippen LogP contribution in [0.4, 0.5) is 9.59 Å². The second-order valence-electron chi connectivity index (χ2n) is 16.7. The molecule has 15 nitrogen and oxygen atoms in total. The lowest BCUT2D eigenvalue weighted by Gasteiger charge is -2.34. The van der Waals surface area contributed by atoms with Gasteiger partial charge in [0.25, 0.3) is 0 Å². The molecule has 5 aromatic rings. The topological polar surface area (TPSA) is 187 Å². The summed E-state index contributed by atoms with van der Waals surface area (Å²) in [6.45, 7) is 10.7. The molecule has 3 heterocycles. The van der Waals surface area contributed by atoms with E-state index in [9.17, 15) is 19.2 Å². The molecule has 3 aromatic carbocycles. The van der Waals surface area contributed by atoms with Crippen LogP contribution in [0.2, 0.25) is 0 Å². The van der Waals surface area contributed by atoms with E-state index in [1.807, 2.05) is 45.0 Å². The lowest BCUT2D eigenvalue weighted by atomic mass is 9.98. The summed E-state index contributed by atoms with van der Waals surface area (Å²) >= 11 is 0. The first kappa shape index (κ1) is 44.8. The van der Waals surface area contributed by atoms with Crippen LogP contribution in [-0.4, -0.2) is 106 Å². The maximum atomic E-state index is 13.9. The van der Waals surface area contributed by atoms with Crippen molar-refractivity contribution in [3.05, 3.63) is 97.4 Å². The van der Waals surface area contributed by atoms with Gasteiger partial charge in [-0.2, -0.15) is 0 Å². The summed E-state index contributed by atoms with van der Waals surface area (Å²) < 4.78 is 9.56. The van der Waals surface area contributed by atoms with Gasteiger partial charge in [0.05, 0.1) is 50.5 Å². The molecular formula is C49H55N9O6. The molecule has 0 spiro atoms. The summed E-state index contributed by atoms with van der Waals surface area (Å²) in [5, 5.41) is 7.46. The zero-order chi connectivity index (χ0) is 45.5. The molecule has 4 amide bonds. The van der Waals surface area contributed by atoms with Gasteiger partial charge in [0, 0.05) is 37.3 Å². The largest absolute Gasteiger partial charge is 0.453 e. The van der Waals surface area contributed by atoms with Gasteiger partial charge in [0.2, 0.25) is 11.8 Å². The number of carbonyl (C=O) groups excluding carboxylic acids is 4. The minimum absolute atomic E-state index is 0.137. The fourth-order valence-electron chi connectivity index (χ4n) is 7.97. The molecule has 64 heavy (non-hydrogen) atoms. The maximum Gasteiger partial charge on any atom is 0.407 e. The van der Waals surface area contributed by atoms with Crippen LogP contribution in [0, 0.1) is 29.1 Å². The van der Waals surface area contributed by atoms with Crippen molar-refractivity contribution in [3.63, 3.8) is 0 Å². The van der Waals surface area contributed by atoms with E-state index in [0.29, 0.717) is 31.2 Å². The number of hydrogen-bond acceptors (Lipinski definition) is 9. The average Bonchev–Trinajstić information content (AvgIpc) is 3.65. The van der Waals surface area contributed by atoms with E-state index in [4.69, 9.17) is 9.47 Å². The summed E-state index contributed by atoms with van der Waals surface area (Å²) in [6.07, 6.45) is 8.12. The number of H-pyrrole nitrogens is 2. The van der Waals surface area contributed by atoms with E-state index in [-0.39, 0.29) is 35.6 Å². The van der Waals surface area contributed by atoms with E-state index in [2.05, 4.69) is 96.4 Å². The molecule has 1 fully saturated rings. The summed E-state index contributed by atoms with van der Waals surface area (Å²) in [5.74, 6) is 6.68. The predicted molar refractivity (Wildman–Crippen MR) is 246 cm³/mol. The molecule has 2 aliphatic rings. The Labute approximate surface area is 373 Å². The van der Waals surface area contributed by atoms with Crippen LogP contribution < -0.4 is 10.6 Å². The highest BCUT2D eigenvalue weighted by Crippen LogP contribution is 2.47. The zero-order valence-corrected chi connectivity index (χ0v) is 37.1. The van der Waals surface area contributed by atoms with Gasteiger partial charge in [-0.25, -0.2) is 19.6 Å². The summed E-state index contributed by atoms with van der Waals surface area (Å²) in [7, 11) is 4.22. The summed E-state index contributed by atoms with van der Waals surface area (Å²) in [6, 6.07) is 18.6. The Morgan fingerprint density at radius 3 is 2.17 bits per heavy atom. The number of imidazole rings is 2. The van der Waals surface area contributed by atoms with E-state index in [1.54, 1.807) is 35.5 Å². The highest BCUT2D eigenvalue weighted by molar-refractivity contribution is 5.91. The van der Waals surface area contributed by atoms with E-state index >= 15 is 0 Å². The molecule has 332 valence electrons. The predicted octanol–water partition coefficient (Wildman–Crippen LogP) is 7.30. The molecule has 0 bridgehead atoms. The maximum absolute atomic E-state index is 13.9. The van der Waals surface area contributed by atoms with Crippen molar-refractivity contribution in [1.29, 1.82) is 0 Å². The van der Waals surface area contributed by atoms with E-state index < -0.39 is 30.3 Å². The SMILES string of the molecule is C=CC1(CN(Cc2ncc(-c3ccc(-c4ccc5cc(-c6cnc(C7C#CC(C=NC)CN7C(=O)C(CC)NC(=O)OC)[nH]6)ccc5c4)cc3)[nH]2)C(=O)C(NC(=O)OC)C(C)C)CC1. The van der Waals surface area contributed by atoms with E-state index in [0.717, 1.165) is 57.3 Å². The number of nitrogens with one attached hydrogen (secondary N) is 4. The van der Waals surface area contributed by atoms with Crippen molar-refractivity contribution in [2.45, 2.75) is 64.7 Å². The number of fused-ring (bicyclic) bond motifs is 1. The fraction of sp³-hybridized carbons (Fsp3) is 0.367. The first-order chi connectivity index (χ1) is 30.9. The smallest absolute Gasteiger partial charge is 0.407 e. The number of aliphatic imine (C=N–C) groups is 1. The van der Waals surface area contributed by atoms with Gasteiger partial charge in [0.15, 0.2) is 6.04 Å². The van der Waals surface area contributed by atoms with Gasteiger partial charge < -0.3 is 39.9 Å². The van der Waals surface area contributed by atoms with Gasteiger partial charge in [-0.05, 0) is 64.8 Å². The van der Waals surface area contributed by atoms with Crippen LogP contribution in [0.25, 0.3) is 44.4 Å². The van der Waals surface area contributed by atoms with Crippen LogP contribution in [0.5, 0.6) is 0 Å². The number of ether oxygens (including phenoxy) is 2. The molecule has 7 rings (SSSR count). The van der Waals surface area contributed by atoms with Crippen LogP contribution >= 0.6 is 0 Å². The first-order valence-corrected chi connectivity index (χ1v) is 21.5. The van der Waals surface area contributed by atoms with Gasteiger partial charge in [-0.15, -0.1) is 6.58 Å². The first-order valence-electron chi connectivity index (χ1n) is 21.5. The molecule has 1 aliphatic carbocycles. The third-order valence-corrected chi connectivity index (χ3v) is 11.9. The minimum atomic E-state index is -0.788. The lowest BCUT2D eigenvalue weighted by Crippen LogP contribution is -2.52. The fourth-order valence-corrected chi connectivity index (χ4v) is 7.97. The number of benzene rings is 3. The molecule has 4 N–H and O–H groups in total. The molecular weight excluding hydrogens is 811 g/mol. The zero-order valence-electron chi connectivity index (χ0n) is 37.1. The molecule has 0 radical (unpaired) electrons. The standard InChI is InChI=1S/C49H55N9O6/c1-8-38(55-47(61)63-6)45(59)58-27-31(24-50-5)10-19-41(58)44-52-26-40(54-44)37-18-17-35-22-34(15-16-36(35)23-37)32-11-13-33(14-12-32)39-25-51-42(53-39)28-57(29-49(9-2)20-21-49)46(60)43(30(3)4)56-48(62)64-7/h9,11-18,22-26,30-31,38,41,43H,2,8,20-21,27-29H2,1,3-7H3,(H,51,53)(H,52,54)(H,55,61)(H,56,62). The van der Waals surface area contributed by atoms with Crippen LogP contribution in [-0.2, 0) is 25.6 Å². The highest BCUT2D eigenvalue weighted by Gasteiger charge is 2.43. The number of carbonyl (C=O) groups is 4.